The zero-order valence-corrected chi connectivity index (χ0v) is 22.5. The highest BCUT2D eigenvalue weighted by atomic mass is 16.7. The second-order valence-corrected chi connectivity index (χ2v) is 10.1. The molecular weight excluding hydrogens is 448 g/mol. The van der Waals surface area contributed by atoms with Crippen molar-refractivity contribution >= 4 is 5.94 Å². The molecule has 0 N–H and O–H groups in total. The van der Waals surface area contributed by atoms with Crippen molar-refractivity contribution in [3.8, 4) is 11.5 Å². The molecule has 0 aliphatic carbocycles. The third-order valence-electron chi connectivity index (χ3n) is 6.79. The molecule has 3 rings (SSSR count). The summed E-state index contributed by atoms with van der Waals surface area (Å²) in [5.74, 6) is 3.31. The fraction of sp³-hybridized carbons (Fsp3) is 0.375. The molecule has 2 unspecified atom stereocenters. The Morgan fingerprint density at radius 3 is 1.67 bits per heavy atom. The van der Waals surface area contributed by atoms with Crippen LogP contribution in [-0.4, -0.2) is 24.9 Å². The Balaban J connectivity index is 1.82. The smallest absolute Gasteiger partial charge is 0.196 e. The van der Waals surface area contributed by atoms with E-state index >= 15 is 0 Å². The fourth-order valence-corrected chi connectivity index (χ4v) is 4.34. The van der Waals surface area contributed by atoms with Crippen LogP contribution in [0.15, 0.2) is 78.9 Å². The van der Waals surface area contributed by atoms with Gasteiger partial charge in [-0.1, -0.05) is 76.2 Å². The molecule has 4 heteroatoms. The second-order valence-electron chi connectivity index (χ2n) is 10.1. The molecule has 0 aliphatic rings. The molecule has 0 heterocycles. The van der Waals surface area contributed by atoms with Crippen molar-refractivity contribution in [2.45, 2.75) is 71.7 Å². The lowest BCUT2D eigenvalue weighted by Crippen LogP contribution is -2.23. The van der Waals surface area contributed by atoms with E-state index in [4.69, 9.17) is 14.2 Å². The highest BCUT2D eigenvalue weighted by molar-refractivity contribution is 5.47. The van der Waals surface area contributed by atoms with E-state index in [1.807, 2.05) is 45.0 Å². The standard InChI is InChI=1S/C32H38O4/c1-8-34-24(3)36-30-18-14-26(15-19-30)32(6,7)28-11-9-10-27(22-28)31(4,5)25-12-16-29(17-13-25)35-23(2)20-21-33/h9-20,22-24H,8H2,1-7H3. The molecular formula is C32H38O4. The summed E-state index contributed by atoms with van der Waals surface area (Å²) in [6.45, 7) is 15.3. The number of benzene rings is 3. The number of rotatable bonds is 11. The van der Waals surface area contributed by atoms with E-state index < -0.39 is 0 Å². The molecule has 4 nitrogen and oxygen atoms in total. The molecule has 0 aliphatic heterocycles. The lowest BCUT2D eigenvalue weighted by molar-refractivity contribution is -0.0613. The van der Waals surface area contributed by atoms with E-state index in [1.165, 1.54) is 28.3 Å². The Kier molecular flexibility index (Phi) is 8.79. The minimum Gasteiger partial charge on any atom is -0.486 e. The molecule has 0 bridgehead atoms. The second kappa shape index (κ2) is 11.6. The molecule has 2 atom stereocenters. The SMILES string of the molecule is CCOC(C)Oc1ccc(C(C)(C)c2cccc(C(C)(C)c3ccc(OC(C)C=C=O)cc3)c2)cc1. The van der Waals surface area contributed by atoms with E-state index in [9.17, 15) is 4.79 Å². The van der Waals surface area contributed by atoms with Gasteiger partial charge in [0.05, 0.1) is 0 Å². The summed E-state index contributed by atoms with van der Waals surface area (Å²) < 4.78 is 17.1. The topological polar surface area (TPSA) is 44.8 Å². The lowest BCUT2D eigenvalue weighted by atomic mass is 9.73. The van der Waals surface area contributed by atoms with Crippen molar-refractivity contribution in [2.24, 2.45) is 0 Å². The largest absolute Gasteiger partial charge is 0.486 e. The lowest BCUT2D eigenvalue weighted by Gasteiger charge is -2.31. The zero-order valence-electron chi connectivity index (χ0n) is 22.5. The number of carbonyl (C=O) groups excluding carboxylic acids is 1. The van der Waals surface area contributed by atoms with Crippen molar-refractivity contribution < 1.29 is 19.0 Å². The number of hydrogen-bond acceptors (Lipinski definition) is 4. The average Bonchev–Trinajstić information content (AvgIpc) is 2.85. The van der Waals surface area contributed by atoms with Gasteiger partial charge >= 0.3 is 0 Å². The quantitative estimate of drug-likeness (QED) is 0.211. The van der Waals surface area contributed by atoms with Crippen LogP contribution >= 0.6 is 0 Å². The molecule has 0 saturated heterocycles. The predicted molar refractivity (Wildman–Crippen MR) is 146 cm³/mol. The Hall–Kier alpha value is -3.33. The van der Waals surface area contributed by atoms with Gasteiger partial charge < -0.3 is 14.2 Å². The average molecular weight is 487 g/mol. The monoisotopic (exact) mass is 486 g/mol. The molecule has 3 aromatic carbocycles. The normalized spacial score (nSPS) is 13.4. The molecule has 0 saturated carbocycles. The molecule has 3 aromatic rings. The Morgan fingerprint density at radius 1 is 0.750 bits per heavy atom. The summed E-state index contributed by atoms with van der Waals surface area (Å²) in [6, 6.07) is 25.2. The summed E-state index contributed by atoms with van der Waals surface area (Å²) in [5.41, 5.74) is 4.51. The van der Waals surface area contributed by atoms with Gasteiger partial charge in [0, 0.05) is 23.5 Å². The van der Waals surface area contributed by atoms with Crippen LogP contribution in [0.5, 0.6) is 11.5 Å². The van der Waals surface area contributed by atoms with Crippen molar-refractivity contribution in [2.75, 3.05) is 6.61 Å². The number of ether oxygens (including phenoxy) is 3. The Labute approximate surface area is 215 Å². The van der Waals surface area contributed by atoms with E-state index in [1.54, 1.807) is 5.94 Å². The van der Waals surface area contributed by atoms with Crippen LogP contribution < -0.4 is 9.47 Å². The van der Waals surface area contributed by atoms with Crippen LogP contribution in [-0.2, 0) is 20.4 Å². The van der Waals surface area contributed by atoms with Gasteiger partial charge in [0.15, 0.2) is 6.29 Å². The van der Waals surface area contributed by atoms with Gasteiger partial charge in [-0.3, -0.25) is 0 Å². The molecule has 0 fully saturated rings. The van der Waals surface area contributed by atoms with Crippen LogP contribution in [0.4, 0.5) is 0 Å². The maximum absolute atomic E-state index is 10.5. The van der Waals surface area contributed by atoms with Gasteiger partial charge in [-0.05, 0) is 67.3 Å². The van der Waals surface area contributed by atoms with Gasteiger partial charge in [-0.15, -0.1) is 0 Å². The zero-order chi connectivity index (χ0) is 26.3. The van der Waals surface area contributed by atoms with E-state index in [2.05, 4.69) is 76.2 Å². The van der Waals surface area contributed by atoms with Crippen molar-refractivity contribution in [3.63, 3.8) is 0 Å². The van der Waals surface area contributed by atoms with Crippen LogP contribution in [0.2, 0.25) is 0 Å². The molecule has 0 radical (unpaired) electrons. The Morgan fingerprint density at radius 2 is 1.22 bits per heavy atom. The molecule has 0 amide bonds. The third-order valence-corrected chi connectivity index (χ3v) is 6.79. The minimum absolute atomic E-state index is 0.184. The summed E-state index contributed by atoms with van der Waals surface area (Å²) in [7, 11) is 0. The highest BCUT2D eigenvalue weighted by Gasteiger charge is 2.28. The first-order valence-electron chi connectivity index (χ1n) is 12.6. The summed E-state index contributed by atoms with van der Waals surface area (Å²) >= 11 is 0. The summed E-state index contributed by atoms with van der Waals surface area (Å²) in [4.78, 5) is 10.5. The van der Waals surface area contributed by atoms with E-state index in [0.29, 0.717) is 6.61 Å². The first-order chi connectivity index (χ1) is 17.1. The van der Waals surface area contributed by atoms with Gasteiger partial charge in [0.1, 0.15) is 23.5 Å². The maximum Gasteiger partial charge on any atom is 0.196 e. The predicted octanol–water partition coefficient (Wildman–Crippen LogP) is 7.25. The van der Waals surface area contributed by atoms with Crippen LogP contribution in [0.3, 0.4) is 0 Å². The highest BCUT2D eigenvalue weighted by Crippen LogP contribution is 2.37. The van der Waals surface area contributed by atoms with Crippen LogP contribution in [0, 0.1) is 0 Å². The van der Waals surface area contributed by atoms with Crippen molar-refractivity contribution in [1.82, 2.24) is 0 Å². The molecule has 0 spiro atoms. The third kappa shape index (κ3) is 6.46. The van der Waals surface area contributed by atoms with Crippen molar-refractivity contribution in [1.29, 1.82) is 0 Å². The van der Waals surface area contributed by atoms with E-state index in [-0.39, 0.29) is 23.2 Å². The van der Waals surface area contributed by atoms with Gasteiger partial charge in [0.2, 0.25) is 0 Å². The number of hydrogen-bond donors (Lipinski definition) is 0. The molecule has 36 heavy (non-hydrogen) atoms. The van der Waals surface area contributed by atoms with Crippen LogP contribution in [0.1, 0.15) is 70.7 Å². The first-order valence-corrected chi connectivity index (χ1v) is 12.6. The Bertz CT molecular complexity index is 1170. The first kappa shape index (κ1) is 27.3. The van der Waals surface area contributed by atoms with Gasteiger partial charge in [-0.25, -0.2) is 4.79 Å². The molecule has 0 aromatic heterocycles. The summed E-state index contributed by atoms with van der Waals surface area (Å²) in [5, 5.41) is 0. The maximum atomic E-state index is 10.5. The van der Waals surface area contributed by atoms with Crippen molar-refractivity contribution in [3.05, 3.63) is 101 Å². The summed E-state index contributed by atoms with van der Waals surface area (Å²) in [6.07, 6.45) is 0.784. The van der Waals surface area contributed by atoms with E-state index in [0.717, 1.165) is 11.5 Å². The fourth-order valence-electron chi connectivity index (χ4n) is 4.34. The van der Waals surface area contributed by atoms with Gasteiger partial charge in [0.25, 0.3) is 0 Å². The molecule has 190 valence electrons. The van der Waals surface area contributed by atoms with Crippen LogP contribution in [0.25, 0.3) is 0 Å². The minimum atomic E-state index is -0.311. The van der Waals surface area contributed by atoms with Gasteiger partial charge in [-0.2, -0.15) is 0 Å².